The maximum atomic E-state index is 5.89. The van der Waals surface area contributed by atoms with Crippen molar-refractivity contribution in [3.8, 4) is 6.01 Å². The molecule has 0 aromatic carbocycles. The van der Waals surface area contributed by atoms with Crippen LogP contribution in [-0.4, -0.2) is 40.9 Å². The molecule has 0 amide bonds. The Morgan fingerprint density at radius 3 is 2.59 bits per heavy atom. The third kappa shape index (κ3) is 6.80. The van der Waals surface area contributed by atoms with Crippen molar-refractivity contribution in [1.82, 2.24) is 15.0 Å². The predicted molar refractivity (Wildman–Crippen MR) is 128 cm³/mol. The van der Waals surface area contributed by atoms with E-state index in [-0.39, 0.29) is 0 Å². The molecule has 1 N–H and O–H groups in total. The largest absolute Gasteiger partial charge is 0.463 e. The quantitative estimate of drug-likeness (QED) is 0.323. The van der Waals surface area contributed by atoms with Crippen molar-refractivity contribution < 1.29 is 9.15 Å². The van der Waals surface area contributed by atoms with E-state index in [0.717, 1.165) is 48.8 Å². The topological polar surface area (TPSA) is 88.7 Å². The average Bonchev–Trinajstić information content (AvgIpc) is 3.11. The van der Waals surface area contributed by atoms with E-state index in [1.807, 2.05) is 44.2 Å². The van der Waals surface area contributed by atoms with Gasteiger partial charge in [0, 0.05) is 43.5 Å². The molecule has 0 bridgehead atoms. The first kappa shape index (κ1) is 23.2. The molecule has 3 rings (SSSR count). The van der Waals surface area contributed by atoms with E-state index in [9.17, 15) is 0 Å². The minimum atomic E-state index is 0.335. The van der Waals surface area contributed by atoms with Crippen LogP contribution in [0.2, 0.25) is 0 Å². The number of ether oxygens (including phenoxy) is 1. The normalized spacial score (nSPS) is 11.1. The molecule has 0 aliphatic carbocycles. The second kappa shape index (κ2) is 11.8. The zero-order valence-corrected chi connectivity index (χ0v) is 19.3. The fourth-order valence-electron chi connectivity index (χ4n) is 3.19. The molecule has 0 atom stereocenters. The van der Waals surface area contributed by atoms with Crippen LogP contribution in [0.1, 0.15) is 49.4 Å². The van der Waals surface area contributed by atoms with Crippen molar-refractivity contribution in [1.29, 1.82) is 0 Å². The summed E-state index contributed by atoms with van der Waals surface area (Å²) < 4.78 is 11.5. The molecular formula is C24H32N6O2. The number of hydrogen-bond donors (Lipinski definition) is 1. The second-order valence-corrected chi connectivity index (χ2v) is 7.56. The molecule has 0 saturated heterocycles. The van der Waals surface area contributed by atoms with Crippen LogP contribution in [0.5, 0.6) is 6.01 Å². The molecule has 8 heteroatoms. The summed E-state index contributed by atoms with van der Waals surface area (Å²) in [6.07, 6.45) is 6.18. The van der Waals surface area contributed by atoms with Crippen LogP contribution in [0.25, 0.3) is 0 Å². The van der Waals surface area contributed by atoms with Crippen LogP contribution < -0.4 is 15.1 Å². The monoisotopic (exact) mass is 436 g/mol. The van der Waals surface area contributed by atoms with E-state index in [1.165, 1.54) is 0 Å². The highest BCUT2D eigenvalue weighted by atomic mass is 16.5. The van der Waals surface area contributed by atoms with Crippen molar-refractivity contribution >= 4 is 17.9 Å². The first-order valence-corrected chi connectivity index (χ1v) is 11.1. The highest BCUT2D eigenvalue weighted by Gasteiger charge is 2.12. The van der Waals surface area contributed by atoms with E-state index >= 15 is 0 Å². The Bertz CT molecular complexity index is 977. The number of nitrogens with one attached hydrogen (secondary N) is 1. The summed E-state index contributed by atoms with van der Waals surface area (Å²) in [4.78, 5) is 15.8. The summed E-state index contributed by atoms with van der Waals surface area (Å²) in [5.41, 5.74) is 5.62. The molecule has 170 valence electrons. The van der Waals surface area contributed by atoms with E-state index < -0.39 is 0 Å². The smallest absolute Gasteiger partial charge is 0.318 e. The zero-order chi connectivity index (χ0) is 22.8. The number of rotatable bonds is 12. The van der Waals surface area contributed by atoms with Gasteiger partial charge in [-0.05, 0) is 44.4 Å². The summed E-state index contributed by atoms with van der Waals surface area (Å²) >= 11 is 0. The molecule has 0 spiro atoms. The lowest BCUT2D eigenvalue weighted by atomic mass is 10.3. The Balaban J connectivity index is 1.76. The van der Waals surface area contributed by atoms with Gasteiger partial charge in [0.1, 0.15) is 11.6 Å². The zero-order valence-electron chi connectivity index (χ0n) is 19.3. The fraction of sp³-hybridized carbons (Fsp3) is 0.417. The number of aromatic nitrogens is 3. The van der Waals surface area contributed by atoms with Crippen LogP contribution in [-0.2, 0) is 6.42 Å². The van der Waals surface area contributed by atoms with Gasteiger partial charge in [0.05, 0.1) is 18.5 Å². The van der Waals surface area contributed by atoms with Crippen LogP contribution in [0.4, 0.5) is 11.7 Å². The van der Waals surface area contributed by atoms with Crippen LogP contribution >= 0.6 is 0 Å². The first-order chi connectivity index (χ1) is 15.6. The molecule has 8 nitrogen and oxygen atoms in total. The number of aryl methyl sites for hydroxylation is 2. The highest BCUT2D eigenvalue weighted by Crippen LogP contribution is 2.19. The minimum Gasteiger partial charge on any atom is -0.463 e. The molecule has 32 heavy (non-hydrogen) atoms. The van der Waals surface area contributed by atoms with Gasteiger partial charge in [0.2, 0.25) is 5.88 Å². The summed E-state index contributed by atoms with van der Waals surface area (Å²) in [5.74, 6) is 2.30. The molecule has 3 aromatic rings. The Morgan fingerprint density at radius 1 is 1.12 bits per heavy atom. The highest BCUT2D eigenvalue weighted by molar-refractivity contribution is 5.79. The van der Waals surface area contributed by atoms with Gasteiger partial charge in [-0.15, -0.1) is 0 Å². The molecule has 0 unspecified atom stereocenters. The molecule has 0 fully saturated rings. The Morgan fingerprint density at radius 2 is 1.94 bits per heavy atom. The fourth-order valence-corrected chi connectivity index (χ4v) is 3.19. The number of nitrogens with zero attached hydrogens (tertiary/aromatic N) is 5. The van der Waals surface area contributed by atoms with Crippen molar-refractivity contribution in [3.05, 3.63) is 59.2 Å². The van der Waals surface area contributed by atoms with Gasteiger partial charge in [0.25, 0.3) is 0 Å². The Hall–Kier alpha value is -3.42. The molecule has 3 heterocycles. The van der Waals surface area contributed by atoms with Gasteiger partial charge in [-0.3, -0.25) is 4.98 Å². The third-order valence-corrected chi connectivity index (χ3v) is 4.88. The lowest BCUT2D eigenvalue weighted by Gasteiger charge is -2.23. The van der Waals surface area contributed by atoms with Gasteiger partial charge in [-0.1, -0.05) is 19.9 Å². The number of furan rings is 1. The summed E-state index contributed by atoms with van der Waals surface area (Å²) in [6, 6.07) is 10.0. The van der Waals surface area contributed by atoms with Crippen molar-refractivity contribution in [2.45, 2.75) is 47.0 Å². The van der Waals surface area contributed by atoms with Gasteiger partial charge in [0.15, 0.2) is 0 Å². The van der Waals surface area contributed by atoms with E-state index in [0.29, 0.717) is 30.6 Å². The molecular weight excluding hydrogens is 404 g/mol. The van der Waals surface area contributed by atoms with Gasteiger partial charge < -0.3 is 14.1 Å². The van der Waals surface area contributed by atoms with E-state index in [1.54, 1.807) is 12.4 Å². The second-order valence-electron chi connectivity index (χ2n) is 7.56. The lowest BCUT2D eigenvalue weighted by Crippen LogP contribution is -2.26. The molecule has 0 aliphatic rings. The summed E-state index contributed by atoms with van der Waals surface area (Å²) in [6.45, 7) is 10.5. The third-order valence-electron chi connectivity index (χ3n) is 4.88. The number of hydrazone groups is 1. The standard InChI is InChI=1S/C24H32N6O2/c1-5-12-30(13-6-2)22-16-21(17-26-29-23-15-18(3)19(4)32-23)27-24(28-22)31-14-10-20-9-7-8-11-25-20/h7-9,11,15-17,29H,5-6,10,12-14H2,1-4H3/b26-17+. The molecule has 0 saturated carbocycles. The minimum absolute atomic E-state index is 0.335. The van der Waals surface area contributed by atoms with E-state index in [2.05, 4.69) is 44.2 Å². The van der Waals surface area contributed by atoms with Gasteiger partial charge in [-0.2, -0.15) is 15.1 Å². The SMILES string of the molecule is CCCN(CCC)c1cc(/C=N/Nc2cc(C)c(C)o2)nc(OCCc2ccccn2)n1. The van der Waals surface area contributed by atoms with Crippen LogP contribution in [0, 0.1) is 13.8 Å². The maximum absolute atomic E-state index is 5.89. The van der Waals surface area contributed by atoms with Crippen LogP contribution in [0.3, 0.4) is 0 Å². The van der Waals surface area contributed by atoms with Gasteiger partial charge in [-0.25, -0.2) is 5.43 Å². The summed E-state index contributed by atoms with van der Waals surface area (Å²) in [7, 11) is 0. The first-order valence-electron chi connectivity index (χ1n) is 11.1. The Labute approximate surface area is 189 Å². The van der Waals surface area contributed by atoms with Crippen molar-refractivity contribution in [3.63, 3.8) is 0 Å². The van der Waals surface area contributed by atoms with Crippen molar-refractivity contribution in [2.24, 2.45) is 5.10 Å². The number of hydrogen-bond acceptors (Lipinski definition) is 8. The molecule has 0 radical (unpaired) electrons. The number of anilines is 2. The van der Waals surface area contributed by atoms with E-state index in [4.69, 9.17) is 9.15 Å². The lowest BCUT2D eigenvalue weighted by molar-refractivity contribution is 0.295. The van der Waals surface area contributed by atoms with Crippen molar-refractivity contribution in [2.75, 3.05) is 30.0 Å². The van der Waals surface area contributed by atoms with Gasteiger partial charge >= 0.3 is 6.01 Å². The predicted octanol–water partition coefficient (Wildman–Crippen LogP) is 4.78. The molecule has 3 aromatic heterocycles. The maximum Gasteiger partial charge on any atom is 0.318 e. The van der Waals surface area contributed by atoms with Crippen LogP contribution in [0.15, 0.2) is 46.0 Å². The summed E-state index contributed by atoms with van der Waals surface area (Å²) in [5, 5.41) is 4.28. The molecule has 0 aliphatic heterocycles. The Kier molecular flexibility index (Phi) is 8.60. The number of pyridine rings is 1. The average molecular weight is 437 g/mol.